The van der Waals surface area contributed by atoms with Gasteiger partial charge >= 0.3 is 0 Å². The van der Waals surface area contributed by atoms with Crippen molar-refractivity contribution < 1.29 is 9.18 Å². The molecule has 1 fully saturated rings. The molecule has 130 valence electrons. The van der Waals surface area contributed by atoms with Crippen LogP contribution in [0.15, 0.2) is 46.8 Å². The lowest BCUT2D eigenvalue weighted by Crippen LogP contribution is -2.27. The maximum Gasteiger partial charge on any atom is 0.273 e. The molecule has 1 aromatic carbocycles. The molecule has 4 rings (SSSR count). The lowest BCUT2D eigenvalue weighted by Gasteiger charge is -2.09. The average molecular weight is 384 g/mol. The van der Waals surface area contributed by atoms with E-state index in [1.165, 1.54) is 28.4 Å². The highest BCUT2D eigenvalue weighted by Crippen LogP contribution is 2.37. The van der Waals surface area contributed by atoms with Crippen molar-refractivity contribution in [3.63, 3.8) is 0 Å². The number of carbonyl (C=O) groups excluding carboxylic acids is 1. The Balaban J connectivity index is 1.72. The summed E-state index contributed by atoms with van der Waals surface area (Å²) < 4.78 is 13.2. The van der Waals surface area contributed by atoms with Crippen molar-refractivity contribution in [1.29, 1.82) is 5.41 Å². The summed E-state index contributed by atoms with van der Waals surface area (Å²) in [5.41, 5.74) is 3.38. The number of aromatic nitrogens is 2. The van der Waals surface area contributed by atoms with Gasteiger partial charge in [0, 0.05) is 22.8 Å². The van der Waals surface area contributed by atoms with Gasteiger partial charge in [-0.05, 0) is 60.7 Å². The molecule has 2 N–H and O–H groups in total. The lowest BCUT2D eigenvalue weighted by molar-refractivity contribution is -0.113. The number of thiazole rings is 1. The van der Waals surface area contributed by atoms with Crippen LogP contribution in [0.25, 0.3) is 17.3 Å². The molecule has 26 heavy (non-hydrogen) atoms. The first-order chi connectivity index (χ1) is 12.5. The fourth-order valence-corrected chi connectivity index (χ4v) is 4.24. The monoisotopic (exact) mass is 384 g/mol. The SMILES string of the molecule is Cc1cc(/C=C2\SC(=N)N(c3nccs3)C2=O)c(-c2ccc(F)cc2)[nH]1. The molecule has 1 saturated heterocycles. The summed E-state index contributed by atoms with van der Waals surface area (Å²) in [7, 11) is 0. The average Bonchev–Trinajstić information content (AvgIpc) is 3.30. The van der Waals surface area contributed by atoms with Crippen LogP contribution in [0.5, 0.6) is 0 Å². The minimum atomic E-state index is -0.300. The van der Waals surface area contributed by atoms with Crippen LogP contribution in [0.2, 0.25) is 0 Å². The number of amidine groups is 1. The molecule has 1 aliphatic rings. The summed E-state index contributed by atoms with van der Waals surface area (Å²) in [5, 5.41) is 10.5. The first-order valence-corrected chi connectivity index (χ1v) is 9.40. The van der Waals surface area contributed by atoms with Gasteiger partial charge in [-0.2, -0.15) is 0 Å². The Bertz CT molecular complexity index is 1020. The van der Waals surface area contributed by atoms with Gasteiger partial charge in [0.15, 0.2) is 10.3 Å². The molecule has 0 atom stereocenters. The predicted molar refractivity (Wildman–Crippen MR) is 104 cm³/mol. The quantitative estimate of drug-likeness (QED) is 0.646. The molecule has 0 radical (unpaired) electrons. The largest absolute Gasteiger partial charge is 0.358 e. The van der Waals surface area contributed by atoms with Crippen molar-refractivity contribution in [1.82, 2.24) is 9.97 Å². The van der Waals surface area contributed by atoms with Crippen molar-refractivity contribution >= 4 is 45.4 Å². The Morgan fingerprint density at radius 2 is 2.08 bits per heavy atom. The highest BCUT2D eigenvalue weighted by Gasteiger charge is 2.35. The molecule has 1 aliphatic heterocycles. The number of nitrogens with zero attached hydrogens (tertiary/aromatic N) is 2. The van der Waals surface area contributed by atoms with Crippen LogP contribution >= 0.6 is 23.1 Å². The van der Waals surface area contributed by atoms with Crippen molar-refractivity contribution in [2.24, 2.45) is 0 Å². The van der Waals surface area contributed by atoms with Crippen LogP contribution in [0, 0.1) is 18.2 Å². The third-order valence-corrected chi connectivity index (χ3v) is 5.48. The maximum atomic E-state index is 13.2. The van der Waals surface area contributed by atoms with Gasteiger partial charge in [0.1, 0.15) is 5.82 Å². The molecule has 0 saturated carbocycles. The second kappa shape index (κ2) is 6.54. The summed E-state index contributed by atoms with van der Waals surface area (Å²) in [6.45, 7) is 1.92. The normalized spacial score (nSPS) is 16.1. The van der Waals surface area contributed by atoms with E-state index in [-0.39, 0.29) is 16.9 Å². The first kappa shape index (κ1) is 16.7. The molecule has 2 aromatic heterocycles. The van der Waals surface area contributed by atoms with Crippen molar-refractivity contribution in [2.45, 2.75) is 6.92 Å². The van der Waals surface area contributed by atoms with E-state index in [0.29, 0.717) is 10.0 Å². The molecule has 1 amide bonds. The second-order valence-electron chi connectivity index (χ2n) is 5.66. The van der Waals surface area contributed by atoms with Gasteiger partial charge in [0.05, 0.1) is 10.6 Å². The predicted octanol–water partition coefficient (Wildman–Crippen LogP) is 4.64. The fraction of sp³-hybridized carbons (Fsp3) is 0.0556. The Hall–Kier alpha value is -2.71. The number of aromatic amines is 1. The number of amides is 1. The Kier molecular flexibility index (Phi) is 4.21. The number of aryl methyl sites for hydroxylation is 1. The van der Waals surface area contributed by atoms with Crippen LogP contribution in [-0.4, -0.2) is 21.0 Å². The van der Waals surface area contributed by atoms with E-state index in [9.17, 15) is 9.18 Å². The standard InChI is InChI=1S/C18H13FN4OS2/c1-10-8-12(15(22-10)11-2-4-13(19)5-3-11)9-14-16(24)23(17(20)26-14)18-21-6-7-25-18/h2-9,20,22H,1H3/b14-9-,20-17?. The van der Waals surface area contributed by atoms with E-state index in [0.717, 1.165) is 34.3 Å². The summed E-state index contributed by atoms with van der Waals surface area (Å²) >= 11 is 2.42. The summed E-state index contributed by atoms with van der Waals surface area (Å²) in [5.74, 6) is -0.565. The molecule has 0 spiro atoms. The zero-order chi connectivity index (χ0) is 18.3. The van der Waals surface area contributed by atoms with Crippen LogP contribution in [0.3, 0.4) is 0 Å². The van der Waals surface area contributed by atoms with Gasteiger partial charge in [-0.1, -0.05) is 0 Å². The van der Waals surface area contributed by atoms with Crippen LogP contribution in [-0.2, 0) is 4.79 Å². The molecular weight excluding hydrogens is 371 g/mol. The van der Waals surface area contributed by atoms with Crippen molar-refractivity contribution in [3.05, 3.63) is 63.9 Å². The molecule has 3 aromatic rings. The first-order valence-electron chi connectivity index (χ1n) is 7.70. The number of carbonyl (C=O) groups is 1. The number of thioether (sulfide) groups is 1. The second-order valence-corrected chi connectivity index (χ2v) is 7.56. The number of rotatable bonds is 3. The number of anilines is 1. The van der Waals surface area contributed by atoms with Gasteiger partial charge in [-0.3, -0.25) is 10.2 Å². The molecule has 5 nitrogen and oxygen atoms in total. The third kappa shape index (κ3) is 2.97. The van der Waals surface area contributed by atoms with Gasteiger partial charge in [0.25, 0.3) is 5.91 Å². The fourth-order valence-electron chi connectivity index (χ4n) is 2.71. The minimum absolute atomic E-state index is 0.131. The highest BCUT2D eigenvalue weighted by molar-refractivity contribution is 8.19. The minimum Gasteiger partial charge on any atom is -0.358 e. The third-order valence-electron chi connectivity index (χ3n) is 3.84. The van der Waals surface area contributed by atoms with Crippen molar-refractivity contribution in [2.75, 3.05) is 4.90 Å². The van der Waals surface area contributed by atoms with Crippen molar-refractivity contribution in [3.8, 4) is 11.3 Å². The maximum absolute atomic E-state index is 13.2. The lowest BCUT2D eigenvalue weighted by atomic mass is 10.1. The van der Waals surface area contributed by atoms with E-state index in [2.05, 4.69) is 9.97 Å². The summed E-state index contributed by atoms with van der Waals surface area (Å²) in [6, 6.07) is 8.11. The zero-order valence-corrected chi connectivity index (χ0v) is 15.2. The topological polar surface area (TPSA) is 72.8 Å². The van der Waals surface area contributed by atoms with E-state index in [1.807, 2.05) is 13.0 Å². The van der Waals surface area contributed by atoms with Gasteiger partial charge in [-0.25, -0.2) is 14.3 Å². The van der Waals surface area contributed by atoms with Crippen LogP contribution in [0.1, 0.15) is 11.3 Å². The van der Waals surface area contributed by atoms with E-state index in [4.69, 9.17) is 5.41 Å². The molecule has 3 heterocycles. The van der Waals surface area contributed by atoms with E-state index < -0.39 is 0 Å². The molecule has 0 unspecified atom stereocenters. The van der Waals surface area contributed by atoms with Crippen LogP contribution in [0.4, 0.5) is 9.52 Å². The number of hydrogen-bond acceptors (Lipinski definition) is 5. The highest BCUT2D eigenvalue weighted by atomic mass is 32.2. The van der Waals surface area contributed by atoms with Gasteiger partial charge in [0.2, 0.25) is 0 Å². The smallest absolute Gasteiger partial charge is 0.273 e. The van der Waals surface area contributed by atoms with Gasteiger partial charge in [-0.15, -0.1) is 11.3 Å². The number of halogens is 1. The molecular formula is C18H13FN4OS2. The summed E-state index contributed by atoms with van der Waals surface area (Å²) in [6.07, 6.45) is 3.37. The molecule has 8 heteroatoms. The number of nitrogens with one attached hydrogen (secondary N) is 2. The molecule has 0 aliphatic carbocycles. The van der Waals surface area contributed by atoms with Crippen LogP contribution < -0.4 is 4.90 Å². The van der Waals surface area contributed by atoms with E-state index in [1.54, 1.807) is 29.8 Å². The van der Waals surface area contributed by atoms with E-state index >= 15 is 0 Å². The Morgan fingerprint density at radius 3 is 2.77 bits per heavy atom. The molecule has 0 bridgehead atoms. The number of hydrogen-bond donors (Lipinski definition) is 2. The number of H-pyrrole nitrogens is 1. The Morgan fingerprint density at radius 1 is 1.31 bits per heavy atom. The Labute approximate surface area is 157 Å². The van der Waals surface area contributed by atoms with Gasteiger partial charge < -0.3 is 4.98 Å². The summed E-state index contributed by atoms with van der Waals surface area (Å²) in [4.78, 5) is 21.8. The number of benzene rings is 1. The zero-order valence-electron chi connectivity index (χ0n) is 13.6.